The van der Waals surface area contributed by atoms with Gasteiger partial charge in [-0.15, -0.1) is 0 Å². The van der Waals surface area contributed by atoms with Gasteiger partial charge in [-0.2, -0.15) is 5.10 Å². The van der Waals surface area contributed by atoms with Gasteiger partial charge in [0.25, 0.3) is 11.8 Å². The second-order valence-electron chi connectivity index (χ2n) is 8.91. The van der Waals surface area contributed by atoms with Crippen LogP contribution in [0, 0.1) is 11.8 Å². The van der Waals surface area contributed by atoms with Crippen molar-refractivity contribution in [3.63, 3.8) is 0 Å². The van der Waals surface area contributed by atoms with Crippen LogP contribution in [0.4, 0.5) is 0 Å². The summed E-state index contributed by atoms with van der Waals surface area (Å²) in [6, 6.07) is 7.95. The number of amides is 2. The van der Waals surface area contributed by atoms with E-state index in [0.29, 0.717) is 22.9 Å². The predicted molar refractivity (Wildman–Crippen MR) is 123 cm³/mol. The van der Waals surface area contributed by atoms with Gasteiger partial charge < -0.3 is 20.2 Å². The molecule has 178 valence electrons. The summed E-state index contributed by atoms with van der Waals surface area (Å²) in [5.41, 5.74) is 2.29. The first-order chi connectivity index (χ1) is 16.2. The average Bonchev–Trinajstić information content (AvgIpc) is 3.33. The summed E-state index contributed by atoms with van der Waals surface area (Å²) >= 11 is 0. The van der Waals surface area contributed by atoms with Crippen molar-refractivity contribution in [1.29, 1.82) is 0 Å². The number of oxazole rings is 1. The molecule has 2 amide bonds. The van der Waals surface area contributed by atoms with Gasteiger partial charge in [0, 0.05) is 17.2 Å². The summed E-state index contributed by atoms with van der Waals surface area (Å²) in [7, 11) is 0. The molecule has 0 bridgehead atoms. The molecule has 0 aliphatic heterocycles. The van der Waals surface area contributed by atoms with E-state index in [2.05, 4.69) is 25.8 Å². The molecule has 0 radical (unpaired) electrons. The smallest absolute Gasteiger partial charge is 0.326 e. The third-order valence-corrected chi connectivity index (χ3v) is 5.86. The van der Waals surface area contributed by atoms with Crippen LogP contribution < -0.4 is 10.6 Å². The summed E-state index contributed by atoms with van der Waals surface area (Å²) < 4.78 is 5.59. The van der Waals surface area contributed by atoms with E-state index in [1.807, 2.05) is 13.0 Å². The van der Waals surface area contributed by atoms with Gasteiger partial charge in [-0.25, -0.2) is 9.78 Å². The van der Waals surface area contributed by atoms with Crippen LogP contribution in [-0.4, -0.2) is 50.2 Å². The van der Waals surface area contributed by atoms with Gasteiger partial charge in [0.05, 0.1) is 11.9 Å². The Bertz CT molecular complexity index is 1210. The maximum absolute atomic E-state index is 12.5. The number of benzene rings is 1. The Balaban J connectivity index is 1.48. The van der Waals surface area contributed by atoms with Crippen molar-refractivity contribution in [3.8, 4) is 22.7 Å². The molecule has 4 rings (SSSR count). The van der Waals surface area contributed by atoms with Crippen molar-refractivity contribution >= 4 is 17.8 Å². The highest BCUT2D eigenvalue weighted by Crippen LogP contribution is 2.32. The Morgan fingerprint density at radius 2 is 1.82 bits per heavy atom. The molecule has 4 N–H and O–H groups in total. The number of aliphatic carboxylic acids is 1. The van der Waals surface area contributed by atoms with Gasteiger partial charge in [-0.1, -0.05) is 26.0 Å². The van der Waals surface area contributed by atoms with E-state index < -0.39 is 17.9 Å². The molecule has 2 atom stereocenters. The Labute approximate surface area is 196 Å². The van der Waals surface area contributed by atoms with Gasteiger partial charge in [-0.05, 0) is 49.8 Å². The second kappa shape index (κ2) is 9.50. The van der Waals surface area contributed by atoms with Gasteiger partial charge in [0.15, 0.2) is 0 Å². The molecule has 10 heteroatoms. The first kappa shape index (κ1) is 23.2. The van der Waals surface area contributed by atoms with E-state index in [1.54, 1.807) is 38.1 Å². The Hall–Kier alpha value is -3.95. The van der Waals surface area contributed by atoms with Crippen LogP contribution in [0.25, 0.3) is 22.7 Å². The number of carbonyl (C=O) groups excluding carboxylic acids is 2. The molecule has 1 saturated carbocycles. The van der Waals surface area contributed by atoms with Crippen LogP contribution in [-0.2, 0) is 4.79 Å². The van der Waals surface area contributed by atoms with Crippen LogP contribution in [0.2, 0.25) is 0 Å². The number of carbonyl (C=O) groups is 3. The zero-order valence-electron chi connectivity index (χ0n) is 19.2. The molecule has 1 aromatic carbocycles. The molecular weight excluding hydrogens is 438 g/mol. The minimum absolute atomic E-state index is 0.0872. The molecule has 0 saturated heterocycles. The van der Waals surface area contributed by atoms with Gasteiger partial charge in [-0.3, -0.25) is 14.7 Å². The van der Waals surface area contributed by atoms with E-state index in [0.717, 1.165) is 18.4 Å². The van der Waals surface area contributed by atoms with Crippen molar-refractivity contribution in [2.75, 3.05) is 0 Å². The molecular formula is C24H27N5O5. The topological polar surface area (TPSA) is 150 Å². The zero-order chi connectivity index (χ0) is 24.4. The fraction of sp³-hybridized carbons (Fsp3) is 0.375. The molecule has 1 aliphatic rings. The van der Waals surface area contributed by atoms with E-state index >= 15 is 0 Å². The molecule has 0 unspecified atom stereocenters. The lowest BCUT2D eigenvalue weighted by molar-refractivity contribution is -0.140. The molecule has 0 spiro atoms. The van der Waals surface area contributed by atoms with E-state index in [9.17, 15) is 19.5 Å². The molecule has 2 heterocycles. The number of hydrogen-bond donors (Lipinski definition) is 4. The summed E-state index contributed by atoms with van der Waals surface area (Å²) in [6.45, 7) is 5.41. The van der Waals surface area contributed by atoms with Crippen LogP contribution in [0.1, 0.15) is 54.7 Å². The molecule has 1 aliphatic carbocycles. The first-order valence-electron chi connectivity index (χ1n) is 11.2. The fourth-order valence-electron chi connectivity index (χ4n) is 3.63. The monoisotopic (exact) mass is 465 g/mol. The number of carboxylic acid groups (broad SMARTS) is 1. The van der Waals surface area contributed by atoms with Crippen LogP contribution >= 0.6 is 0 Å². The van der Waals surface area contributed by atoms with E-state index in [-0.39, 0.29) is 29.5 Å². The van der Waals surface area contributed by atoms with Crippen molar-refractivity contribution < 1.29 is 23.9 Å². The maximum Gasteiger partial charge on any atom is 0.326 e. The van der Waals surface area contributed by atoms with Crippen LogP contribution in [0.15, 0.2) is 40.9 Å². The lowest BCUT2D eigenvalue weighted by atomic mass is 10.0. The second-order valence-corrected chi connectivity index (χ2v) is 8.91. The Morgan fingerprint density at radius 1 is 1.09 bits per heavy atom. The number of hydrogen-bond acceptors (Lipinski definition) is 6. The number of H-pyrrole nitrogens is 1. The first-order valence-corrected chi connectivity index (χ1v) is 11.2. The number of aromatic nitrogens is 3. The van der Waals surface area contributed by atoms with Crippen LogP contribution in [0.3, 0.4) is 0 Å². The van der Waals surface area contributed by atoms with Crippen molar-refractivity contribution in [3.05, 3.63) is 48.0 Å². The van der Waals surface area contributed by atoms with Gasteiger partial charge in [0.1, 0.15) is 11.7 Å². The summed E-state index contributed by atoms with van der Waals surface area (Å²) in [5.74, 6) is -1.59. The third-order valence-electron chi connectivity index (χ3n) is 5.86. The number of aromatic amines is 1. The summed E-state index contributed by atoms with van der Waals surface area (Å²) in [6.07, 6.45) is 3.55. The number of carboxylic acids is 1. The molecule has 10 nitrogen and oxygen atoms in total. The number of nitrogens with one attached hydrogen (secondary N) is 3. The van der Waals surface area contributed by atoms with Gasteiger partial charge >= 0.3 is 5.97 Å². The summed E-state index contributed by atoms with van der Waals surface area (Å²) in [4.78, 5) is 40.4. The largest absolute Gasteiger partial charge is 0.480 e. The minimum atomic E-state index is -1.12. The van der Waals surface area contributed by atoms with Crippen molar-refractivity contribution in [2.24, 2.45) is 11.8 Å². The molecule has 34 heavy (non-hydrogen) atoms. The quantitative estimate of drug-likeness (QED) is 0.379. The Morgan fingerprint density at radius 3 is 2.50 bits per heavy atom. The predicted octanol–water partition coefficient (Wildman–Crippen LogP) is 3.10. The number of rotatable bonds is 9. The third kappa shape index (κ3) is 5.16. The normalized spacial score (nSPS) is 15.1. The average molecular weight is 466 g/mol. The highest BCUT2D eigenvalue weighted by atomic mass is 16.4. The standard InChI is InChI=1S/C24H27N5O5/c1-12(2)20(24(32)33)27-22(31)19-11-25-23(34-19)16-6-4-5-15(9-16)17-10-18(29-28-17)21(30)26-13(3)14-7-8-14/h4-6,9-14,20H,7-8H2,1-3H3,(H,26,30)(H,27,31)(H,28,29)(H,32,33)/t13-,20-/m0/s1. The Kier molecular flexibility index (Phi) is 6.49. The van der Waals surface area contributed by atoms with Crippen molar-refractivity contribution in [2.45, 2.75) is 45.7 Å². The fourth-order valence-corrected chi connectivity index (χ4v) is 3.63. The zero-order valence-corrected chi connectivity index (χ0v) is 19.2. The lowest BCUT2D eigenvalue weighted by Gasteiger charge is -2.16. The maximum atomic E-state index is 12.5. The highest BCUT2D eigenvalue weighted by Gasteiger charge is 2.29. The van der Waals surface area contributed by atoms with E-state index in [1.165, 1.54) is 6.20 Å². The minimum Gasteiger partial charge on any atom is -0.480 e. The summed E-state index contributed by atoms with van der Waals surface area (Å²) in [5, 5.41) is 21.7. The lowest BCUT2D eigenvalue weighted by Crippen LogP contribution is -2.44. The highest BCUT2D eigenvalue weighted by molar-refractivity contribution is 5.95. The van der Waals surface area contributed by atoms with E-state index in [4.69, 9.17) is 4.42 Å². The van der Waals surface area contributed by atoms with Crippen molar-refractivity contribution in [1.82, 2.24) is 25.8 Å². The molecule has 3 aromatic rings. The number of nitrogens with zero attached hydrogens (tertiary/aromatic N) is 2. The SMILES string of the molecule is CC(C)[C@H](NC(=O)c1cnc(-c2cccc(-c3cc(C(=O)N[C@@H](C)C4CC4)[nH]n3)c2)o1)C(=O)O. The molecule has 2 aromatic heterocycles. The van der Waals surface area contributed by atoms with Gasteiger partial charge in [0.2, 0.25) is 11.7 Å². The van der Waals surface area contributed by atoms with Crippen LogP contribution in [0.5, 0.6) is 0 Å². The molecule has 1 fully saturated rings.